The van der Waals surface area contributed by atoms with Gasteiger partial charge in [0.2, 0.25) is 5.91 Å². The molecule has 0 aromatic heterocycles. The number of anilines is 2. The average Bonchev–Trinajstić information content (AvgIpc) is 3.21. The fourth-order valence-electron chi connectivity index (χ4n) is 6.44. The summed E-state index contributed by atoms with van der Waals surface area (Å²) in [5.41, 5.74) is 0.575. The summed E-state index contributed by atoms with van der Waals surface area (Å²) < 4.78 is 11.9. The molecular weight excluding hydrogens is 486 g/mol. The average molecular weight is 524 g/mol. The maximum atomic E-state index is 14.3. The van der Waals surface area contributed by atoms with Crippen LogP contribution in [0.2, 0.25) is 0 Å². The molecule has 4 heterocycles. The van der Waals surface area contributed by atoms with E-state index < -0.39 is 35.6 Å². The topological polar surface area (TPSA) is 99.6 Å². The van der Waals surface area contributed by atoms with Crippen LogP contribution < -0.4 is 9.80 Å². The zero-order chi connectivity index (χ0) is 26.9. The van der Waals surface area contributed by atoms with Crippen molar-refractivity contribution in [2.75, 3.05) is 49.2 Å². The standard InChI is InChI=1S/C29H37N3O6/c1-3-30(4-2)20-11-13-21(14-12-20)31-17-9-15-29-24(23-22(38-29)10-8-19-37-28(23)36)26(34)32(25(29)27(31)35)16-6-5-7-18-33/h8-15,22-25,33H,3-7,16-19H2,1-2H3/t22-,23+,24+,25-,29?/m1/s1. The number of fused-ring (bicyclic) bond motifs is 2. The molecule has 5 rings (SSSR count). The molecule has 4 aliphatic heterocycles. The molecule has 1 spiro atoms. The van der Waals surface area contributed by atoms with Gasteiger partial charge in [-0.2, -0.15) is 0 Å². The highest BCUT2D eigenvalue weighted by molar-refractivity contribution is 6.05. The van der Waals surface area contributed by atoms with Gasteiger partial charge in [-0.15, -0.1) is 0 Å². The summed E-state index contributed by atoms with van der Waals surface area (Å²) in [4.78, 5) is 46.8. The van der Waals surface area contributed by atoms with Crippen LogP contribution in [-0.4, -0.2) is 84.9 Å². The van der Waals surface area contributed by atoms with Crippen molar-refractivity contribution in [3.8, 4) is 0 Å². The number of benzene rings is 1. The van der Waals surface area contributed by atoms with E-state index >= 15 is 0 Å². The minimum Gasteiger partial charge on any atom is -0.461 e. The van der Waals surface area contributed by atoms with E-state index in [9.17, 15) is 19.5 Å². The van der Waals surface area contributed by atoms with Crippen molar-refractivity contribution in [1.29, 1.82) is 0 Å². The number of hydrogen-bond donors (Lipinski definition) is 1. The van der Waals surface area contributed by atoms with Crippen molar-refractivity contribution in [3.63, 3.8) is 0 Å². The monoisotopic (exact) mass is 523 g/mol. The Hall–Kier alpha value is -3.17. The number of hydrogen-bond acceptors (Lipinski definition) is 7. The van der Waals surface area contributed by atoms with Gasteiger partial charge in [-0.05, 0) is 63.5 Å². The Morgan fingerprint density at radius 1 is 1.03 bits per heavy atom. The van der Waals surface area contributed by atoms with Crippen LogP contribution in [0.25, 0.3) is 0 Å². The van der Waals surface area contributed by atoms with Crippen molar-refractivity contribution in [2.24, 2.45) is 11.8 Å². The quantitative estimate of drug-likeness (QED) is 0.301. The zero-order valence-corrected chi connectivity index (χ0v) is 22.1. The Kier molecular flexibility index (Phi) is 7.59. The molecule has 204 valence electrons. The van der Waals surface area contributed by atoms with Gasteiger partial charge < -0.3 is 29.3 Å². The third kappa shape index (κ3) is 4.31. The molecule has 5 atom stereocenters. The SMILES string of the molecule is CCN(CC)c1ccc(N2CC=CC34O[C@@H]5C=CCOC(=O)[C@@H]5[C@H]3C(=O)N(CCCCCO)[C@@H]4C2=O)cc1. The minimum atomic E-state index is -1.25. The first-order chi connectivity index (χ1) is 18.5. The van der Waals surface area contributed by atoms with E-state index in [2.05, 4.69) is 18.7 Å². The van der Waals surface area contributed by atoms with E-state index in [1.807, 2.05) is 36.4 Å². The second-order valence-corrected chi connectivity index (χ2v) is 10.3. The maximum Gasteiger partial charge on any atom is 0.313 e. The highest BCUT2D eigenvalue weighted by Gasteiger charge is 2.71. The highest BCUT2D eigenvalue weighted by Crippen LogP contribution is 2.53. The molecule has 1 aromatic carbocycles. The second-order valence-electron chi connectivity index (χ2n) is 10.3. The lowest BCUT2D eigenvalue weighted by Gasteiger charge is -2.35. The third-order valence-electron chi connectivity index (χ3n) is 8.26. The van der Waals surface area contributed by atoms with E-state index in [-0.39, 0.29) is 25.0 Å². The van der Waals surface area contributed by atoms with Crippen LogP contribution in [-0.2, 0) is 23.9 Å². The van der Waals surface area contributed by atoms with Gasteiger partial charge in [0.25, 0.3) is 5.91 Å². The number of amides is 2. The summed E-state index contributed by atoms with van der Waals surface area (Å²) in [6.45, 7) is 6.89. The minimum absolute atomic E-state index is 0.0773. The number of aliphatic hydroxyl groups excluding tert-OH is 1. The van der Waals surface area contributed by atoms with Crippen molar-refractivity contribution < 1.29 is 29.0 Å². The molecule has 9 nitrogen and oxygen atoms in total. The Morgan fingerprint density at radius 2 is 1.79 bits per heavy atom. The summed E-state index contributed by atoms with van der Waals surface area (Å²) in [6.07, 6.45) is 8.60. The summed E-state index contributed by atoms with van der Waals surface area (Å²) in [6, 6.07) is 7.01. The summed E-state index contributed by atoms with van der Waals surface area (Å²) in [7, 11) is 0. The number of esters is 1. The Morgan fingerprint density at radius 3 is 2.50 bits per heavy atom. The van der Waals surface area contributed by atoms with Crippen LogP contribution in [0, 0.1) is 11.8 Å². The van der Waals surface area contributed by atoms with Gasteiger partial charge >= 0.3 is 5.97 Å². The molecule has 2 fully saturated rings. The number of rotatable bonds is 9. The van der Waals surface area contributed by atoms with Crippen LogP contribution in [0.4, 0.5) is 11.4 Å². The number of ether oxygens (including phenoxy) is 2. The van der Waals surface area contributed by atoms with Crippen LogP contribution in [0.15, 0.2) is 48.6 Å². The number of cyclic esters (lactones) is 1. The van der Waals surface area contributed by atoms with Gasteiger partial charge in [0.15, 0.2) is 0 Å². The normalized spacial score (nSPS) is 30.0. The maximum absolute atomic E-state index is 14.3. The lowest BCUT2D eigenvalue weighted by atomic mass is 9.78. The molecule has 4 aliphatic rings. The predicted octanol–water partition coefficient (Wildman–Crippen LogP) is 2.29. The number of nitrogens with zero attached hydrogens (tertiary/aromatic N) is 3. The van der Waals surface area contributed by atoms with Crippen molar-refractivity contribution >= 4 is 29.2 Å². The first-order valence-corrected chi connectivity index (χ1v) is 13.7. The molecule has 38 heavy (non-hydrogen) atoms. The summed E-state index contributed by atoms with van der Waals surface area (Å²) >= 11 is 0. The second kappa shape index (κ2) is 10.9. The lowest BCUT2D eigenvalue weighted by molar-refractivity contribution is -0.152. The molecule has 0 aliphatic carbocycles. The molecule has 0 radical (unpaired) electrons. The Bertz CT molecular complexity index is 1110. The number of likely N-dealkylation sites (tertiary alicyclic amines) is 1. The van der Waals surface area contributed by atoms with Crippen LogP contribution in [0.5, 0.6) is 0 Å². The number of aliphatic hydroxyl groups is 1. The van der Waals surface area contributed by atoms with E-state index in [1.54, 1.807) is 22.0 Å². The summed E-state index contributed by atoms with van der Waals surface area (Å²) in [5.74, 6) is -2.59. The van der Waals surface area contributed by atoms with Gasteiger partial charge in [-0.1, -0.05) is 18.2 Å². The molecule has 1 unspecified atom stereocenters. The molecule has 0 saturated carbocycles. The van der Waals surface area contributed by atoms with Crippen molar-refractivity contribution in [1.82, 2.24) is 4.90 Å². The number of unbranched alkanes of at least 4 members (excludes halogenated alkanes) is 2. The van der Waals surface area contributed by atoms with Crippen molar-refractivity contribution in [3.05, 3.63) is 48.6 Å². The first kappa shape index (κ1) is 26.4. The molecule has 1 N–H and O–H groups in total. The van der Waals surface area contributed by atoms with Crippen molar-refractivity contribution in [2.45, 2.75) is 50.9 Å². The van der Waals surface area contributed by atoms with Gasteiger partial charge in [0.1, 0.15) is 24.2 Å². The molecule has 2 saturated heterocycles. The number of carbonyl (C=O) groups excluding carboxylic acids is 3. The van der Waals surface area contributed by atoms with Gasteiger partial charge in [-0.25, -0.2) is 0 Å². The number of carbonyl (C=O) groups is 3. The van der Waals surface area contributed by atoms with E-state index in [0.29, 0.717) is 25.9 Å². The molecule has 1 aromatic rings. The van der Waals surface area contributed by atoms with Crippen LogP contribution in [0.1, 0.15) is 33.1 Å². The smallest absolute Gasteiger partial charge is 0.313 e. The van der Waals surface area contributed by atoms with Crippen LogP contribution >= 0.6 is 0 Å². The van der Waals surface area contributed by atoms with Gasteiger partial charge in [0.05, 0.1) is 12.0 Å². The van der Waals surface area contributed by atoms with Crippen LogP contribution in [0.3, 0.4) is 0 Å². The van der Waals surface area contributed by atoms with Gasteiger partial charge in [0, 0.05) is 44.2 Å². The third-order valence-corrected chi connectivity index (χ3v) is 8.26. The highest BCUT2D eigenvalue weighted by atomic mass is 16.6. The Balaban J connectivity index is 1.51. The van der Waals surface area contributed by atoms with E-state index in [0.717, 1.165) is 30.9 Å². The van der Waals surface area contributed by atoms with E-state index in [1.165, 1.54) is 0 Å². The summed E-state index contributed by atoms with van der Waals surface area (Å²) in [5, 5.41) is 9.21. The van der Waals surface area contributed by atoms with E-state index in [4.69, 9.17) is 9.47 Å². The molecule has 2 amide bonds. The van der Waals surface area contributed by atoms with Gasteiger partial charge in [-0.3, -0.25) is 14.4 Å². The fraction of sp³-hybridized carbons (Fsp3) is 0.552. The predicted molar refractivity (Wildman–Crippen MR) is 143 cm³/mol. The Labute approximate surface area is 223 Å². The largest absolute Gasteiger partial charge is 0.461 e. The fourth-order valence-corrected chi connectivity index (χ4v) is 6.44. The molecule has 9 heteroatoms. The lowest BCUT2D eigenvalue weighted by Crippen LogP contribution is -2.55. The molecule has 0 bridgehead atoms. The zero-order valence-electron chi connectivity index (χ0n) is 22.1. The first-order valence-electron chi connectivity index (χ1n) is 13.7. The molecular formula is C29H37N3O6.